The lowest BCUT2D eigenvalue weighted by molar-refractivity contribution is -0.386. The number of carbonyl (C=O) groups excluding carboxylic acids is 5. The maximum atomic E-state index is 12.7. The zero-order chi connectivity index (χ0) is 105. The Labute approximate surface area is 840 Å². The number of furan rings is 6. The normalized spacial score (nSPS) is 13.7. The van der Waals surface area contributed by atoms with E-state index in [0.717, 1.165) is 52.6 Å². The summed E-state index contributed by atoms with van der Waals surface area (Å²) in [5.74, 6) is 1.34. The van der Waals surface area contributed by atoms with Crippen LogP contribution in [0.3, 0.4) is 0 Å². The number of halogens is 1. The van der Waals surface area contributed by atoms with E-state index in [0.29, 0.717) is 99.4 Å². The molecule has 5 fully saturated rings. The summed E-state index contributed by atoms with van der Waals surface area (Å²) in [7, 11) is -0.481. The number of aromatic nitrogens is 6. The number of nitrogens with two attached hydrogens (primary N) is 3. The lowest BCUT2D eigenvalue weighted by atomic mass is 9.81. The molecule has 0 bridgehead atoms. The van der Waals surface area contributed by atoms with Crippen molar-refractivity contribution in [1.82, 2.24) is 49.9 Å². The summed E-state index contributed by atoms with van der Waals surface area (Å²) in [5, 5.41) is 89.2. The molecule has 14 aromatic rings. The van der Waals surface area contributed by atoms with Gasteiger partial charge in [-0.25, -0.2) is 34.7 Å². The zero-order valence-electron chi connectivity index (χ0n) is 79.1. The van der Waals surface area contributed by atoms with Crippen LogP contribution in [0.2, 0.25) is 0 Å². The Bertz CT molecular complexity index is 6720. The van der Waals surface area contributed by atoms with Gasteiger partial charge in [0.2, 0.25) is 11.6 Å². The number of benzene rings is 2. The van der Waals surface area contributed by atoms with Crippen molar-refractivity contribution < 1.29 is 105 Å². The molecule has 5 aliphatic rings. The number of aliphatic hydroxyl groups excluding tert-OH is 1. The standard InChI is InChI=1S/C21H19N3O4.C21H21N3O2.C19H21N3O6.C15H14N2O4.C9H7N3O3.C5H4BrN3O2.C4H5BO3.C4H7NO2.CH4O/c25-20(16-13-23(14-16)12-15-5-2-1-3-6-15)11-18-19(24(26)27)9-8-17(22-18)21-7-4-10-28-21;22-17-8-9-18(21-7-4-10-26-21)23-19(17)11-20(25)16-13-24(14-16)12-15-5-2-1-3-6-15;1-19(2,3)28-18(24)21-10-12(11-21)16(23)9-14-15(22(25)26)7-6-13(20-14)17-5-4-8-27-17;18-14(10-3-1-4-10)9-12-13(17(19)20)7-6-11(16-12)15-5-2-8-21-15;10-9-7(12(13)14)4-3-6(11-9)8-2-1-5-15-8;6-4-2-1-3(9(10)11)5(7)8-4;6-5(7)4-2-1-3-8-4;6-4(7)3-1-5-2-3;1-2/h1-10,16H,11-14H2;1-10,16H,11-14,22H2;4-8,12H,9-11H2,1-3H3;2,5-8,10H,1,3-4,9H2;1-5H,(H2,10,11);1-2H,(H2,7,8);1-3,6-7H;3,5H,1-2H2,(H,6,7);2H,1H3. The highest BCUT2D eigenvalue weighted by molar-refractivity contribution is 9.10. The second-order valence-corrected chi connectivity index (χ2v) is 35.0. The van der Waals surface area contributed by atoms with Gasteiger partial charge in [0.25, 0.3) is 17.1 Å². The molecule has 1 saturated carbocycles. The third-order valence-corrected chi connectivity index (χ3v) is 23.1. The molecule has 1 aliphatic carbocycles. The number of ketones is 4. The molecule has 12 aromatic heterocycles. The molecule has 1 amide bonds. The van der Waals surface area contributed by atoms with E-state index in [1.54, 1.807) is 87.7 Å². The molecule has 146 heavy (non-hydrogen) atoms. The van der Waals surface area contributed by atoms with Crippen LogP contribution in [0.1, 0.15) is 73.9 Å². The number of aliphatic hydroxyl groups is 1. The Hall–Kier alpha value is -16.9. The quantitative estimate of drug-likeness (QED) is 0.00977. The number of hydrogen-bond donors (Lipinski definition) is 8. The predicted octanol–water partition coefficient (Wildman–Crippen LogP) is 14.1. The fourth-order valence-electron chi connectivity index (χ4n) is 14.6. The molecule has 0 spiro atoms. The van der Waals surface area contributed by atoms with Gasteiger partial charge in [-0.15, -0.1) is 0 Å². The first-order valence-corrected chi connectivity index (χ1v) is 46.0. The van der Waals surface area contributed by atoms with Crippen LogP contribution in [0.25, 0.3) is 57.3 Å². The molecule has 0 radical (unpaired) electrons. The minimum absolute atomic E-state index is 0.00945. The molecule has 4 aliphatic heterocycles. The molecule has 11 N–H and O–H groups in total. The predicted molar refractivity (Wildman–Crippen MR) is 533 cm³/mol. The van der Waals surface area contributed by atoms with E-state index in [1.807, 2.05) is 54.6 Å². The number of nitrogens with one attached hydrogen (secondary N) is 1. The van der Waals surface area contributed by atoms with Gasteiger partial charge in [-0.2, -0.15) is 0 Å². The Balaban J connectivity index is 0.000000164. The highest BCUT2D eigenvalue weighted by atomic mass is 79.9. The summed E-state index contributed by atoms with van der Waals surface area (Å²) in [6.07, 6.45) is 11.4. The van der Waals surface area contributed by atoms with Gasteiger partial charge in [0, 0.05) is 121 Å². The number of carbonyl (C=O) groups is 6. The van der Waals surface area contributed by atoms with Crippen molar-refractivity contribution >= 4 is 110 Å². The fourth-order valence-corrected chi connectivity index (χ4v) is 14.9. The van der Waals surface area contributed by atoms with E-state index < -0.39 is 49.4 Å². The van der Waals surface area contributed by atoms with Gasteiger partial charge in [0.05, 0.1) is 111 Å². The Morgan fingerprint density at radius 1 is 0.411 bits per heavy atom. The van der Waals surface area contributed by atoms with Gasteiger partial charge in [-0.1, -0.05) is 67.1 Å². The summed E-state index contributed by atoms with van der Waals surface area (Å²) in [6.45, 7) is 11.7. The average molecular weight is 2070 g/mol. The van der Waals surface area contributed by atoms with Crippen molar-refractivity contribution in [2.75, 3.05) is 76.7 Å². The monoisotopic (exact) mass is 2060 g/mol. The molecule has 19 rings (SSSR count). The van der Waals surface area contributed by atoms with Crippen LogP contribution in [-0.4, -0.2) is 197 Å². The van der Waals surface area contributed by atoms with E-state index in [4.69, 9.17) is 64.3 Å². The second-order valence-electron chi connectivity index (χ2n) is 34.1. The average Bonchev–Trinajstić information content (AvgIpc) is 1.72. The molecule has 16 heterocycles. The summed E-state index contributed by atoms with van der Waals surface area (Å²) in [4.78, 5) is 154. The first-order chi connectivity index (χ1) is 70.0. The topological polar surface area (TPSA) is 664 Å². The minimum atomic E-state index is -1.48. The van der Waals surface area contributed by atoms with Crippen molar-refractivity contribution in [2.45, 2.75) is 84.4 Å². The van der Waals surface area contributed by atoms with Gasteiger partial charge < -0.3 is 78.9 Å². The number of likely N-dealkylation sites (tertiary alicyclic amines) is 3. The lowest BCUT2D eigenvalue weighted by Gasteiger charge is -2.38. The van der Waals surface area contributed by atoms with Crippen LogP contribution in [0.15, 0.2) is 275 Å². The van der Waals surface area contributed by atoms with Crippen molar-refractivity contribution in [3.63, 3.8) is 0 Å². The number of hydrogen-bond acceptors (Lipinski definition) is 38. The third-order valence-electron chi connectivity index (χ3n) is 22.6. The van der Waals surface area contributed by atoms with Crippen molar-refractivity contribution in [1.29, 1.82) is 0 Å². The zero-order valence-corrected chi connectivity index (χ0v) is 80.7. The highest BCUT2D eigenvalue weighted by Crippen LogP contribution is 2.35. The maximum Gasteiger partial charge on any atom is 0.526 e. The fraction of sp³-hybridized carbons (Fsp3) is 0.273. The van der Waals surface area contributed by atoms with Crippen LogP contribution in [0.4, 0.5) is 50.6 Å². The van der Waals surface area contributed by atoms with E-state index >= 15 is 0 Å². The Morgan fingerprint density at radius 2 is 0.733 bits per heavy atom. The van der Waals surface area contributed by atoms with Gasteiger partial charge >= 0.3 is 30.6 Å². The molecule has 0 unspecified atom stereocenters. The van der Waals surface area contributed by atoms with E-state index in [2.05, 4.69) is 89.6 Å². The third kappa shape index (κ3) is 31.8. The number of aliphatic carboxylic acids is 1. The number of carboxylic acids is 1. The summed E-state index contributed by atoms with van der Waals surface area (Å²) >= 11 is 3.03. The number of rotatable bonds is 28. The number of anilines is 3. The van der Waals surface area contributed by atoms with Gasteiger partial charge in [-0.3, -0.25) is 84.3 Å². The van der Waals surface area contributed by atoms with Crippen LogP contribution in [0.5, 0.6) is 0 Å². The largest absolute Gasteiger partial charge is 0.526 e. The number of Topliss-reactive ketones (excluding diaryl/α,β-unsaturated/α-hetero) is 4. The number of nitrogen functional groups attached to an aromatic ring is 3. The number of nitrogens with zero attached hydrogens (tertiary/aromatic N) is 14. The molecule has 760 valence electrons. The minimum Gasteiger partial charge on any atom is -0.481 e. The summed E-state index contributed by atoms with van der Waals surface area (Å²) in [5.41, 5.74) is 22.1. The smallest absolute Gasteiger partial charge is 0.481 e. The summed E-state index contributed by atoms with van der Waals surface area (Å²) in [6, 6.07) is 58.6. The van der Waals surface area contributed by atoms with Crippen LogP contribution in [0, 0.1) is 80.2 Å². The molecule has 0 atom stereocenters. The van der Waals surface area contributed by atoms with Crippen LogP contribution < -0.4 is 28.2 Å². The maximum absolute atomic E-state index is 12.7. The number of ether oxygens (including phenoxy) is 1. The van der Waals surface area contributed by atoms with Crippen molar-refractivity contribution in [2.24, 2.45) is 29.6 Å². The molecular formula is C99H102BBrN18O27. The second kappa shape index (κ2) is 52.8. The Morgan fingerprint density at radius 3 is 1.02 bits per heavy atom. The van der Waals surface area contributed by atoms with Crippen molar-refractivity contribution in [3.05, 3.63) is 333 Å². The Kier molecular flexibility index (Phi) is 39.6. The molecule has 4 saturated heterocycles. The molecule has 45 nitrogen and oxygen atoms in total. The SMILES string of the molecule is CC(C)(C)OC(=O)N1CC(C(=O)Cc2nc(-c3ccco3)ccc2[N+](=O)[O-])C1.CO.Nc1ccc(-c2ccco2)nc1CC(=O)C1CN(Cc2ccccc2)C1.Nc1nc(-c2ccco2)ccc1[N+](=O)[O-].Nc1nc(Br)ccc1[N+](=O)[O-].O=C(Cc1nc(-c2ccco2)ccc1[N+](=O)[O-])C1CCC1.O=C(Cc1nc(-c2ccco2)ccc1[N+](=O)[O-])C1CN(Cc2ccccc2)C1.O=C(O)C1CNC1.OB(O)c1ccco1. The van der Waals surface area contributed by atoms with Crippen molar-refractivity contribution in [3.8, 4) is 57.3 Å². The van der Waals surface area contributed by atoms with Gasteiger partial charge in [0.1, 0.15) is 84.5 Å². The van der Waals surface area contributed by atoms with E-state index in [1.165, 1.54) is 114 Å². The van der Waals surface area contributed by atoms with E-state index in [9.17, 15) is 79.3 Å². The molecular weight excluding hydrogens is 1960 g/mol. The molecule has 2 aromatic carbocycles. The first kappa shape index (κ1) is 110. The summed E-state index contributed by atoms with van der Waals surface area (Å²) < 4.78 is 36.6. The van der Waals surface area contributed by atoms with Crippen LogP contribution >= 0.6 is 15.9 Å². The van der Waals surface area contributed by atoms with Crippen LogP contribution in [-0.2, 0) is 67.5 Å². The van der Waals surface area contributed by atoms with Gasteiger partial charge in [-0.05, 0) is 176 Å². The molecule has 47 heteroatoms. The van der Waals surface area contributed by atoms with E-state index in [-0.39, 0.29) is 154 Å². The number of nitro groups is 5. The number of amides is 1. The number of carboxylic acid groups (broad SMARTS) is 1. The lowest BCUT2D eigenvalue weighted by Crippen LogP contribution is -2.54. The van der Waals surface area contributed by atoms with Gasteiger partial charge in [0.15, 0.2) is 28.8 Å². The first-order valence-electron chi connectivity index (χ1n) is 45.2. The number of pyridine rings is 6. The highest BCUT2D eigenvalue weighted by Gasteiger charge is 2.40.